The van der Waals surface area contributed by atoms with Crippen molar-refractivity contribution in [2.24, 2.45) is 0 Å². The summed E-state index contributed by atoms with van der Waals surface area (Å²) in [5.41, 5.74) is 1.77. The fourth-order valence-electron chi connectivity index (χ4n) is 5.56. The molecule has 0 spiro atoms. The standard InChI is InChI=1S/C45H45NO13/c1-8-20-55-40-25-36(51-4)33(23-38(40)53-6)44(49)58-31-15-10-28(11-16-31)43(48)57-32-17-13-30(14-18-32)46-42(47)29-12-19-35(27(3)22-29)59-45(50)34-24-39(54-7)41(56-21-9-2)26-37(34)52-5/h10-19,22-26H,8-9,20-21H2,1-7H3,(H,46,47). The van der Waals surface area contributed by atoms with Gasteiger partial charge in [0.1, 0.15) is 39.9 Å². The van der Waals surface area contributed by atoms with Crippen molar-refractivity contribution >= 4 is 29.5 Å². The zero-order chi connectivity index (χ0) is 42.5. The molecule has 0 fully saturated rings. The zero-order valence-corrected chi connectivity index (χ0v) is 33.8. The number of rotatable bonds is 18. The fourth-order valence-corrected chi connectivity index (χ4v) is 5.56. The van der Waals surface area contributed by atoms with Crippen LogP contribution in [0, 0.1) is 6.92 Å². The SMILES string of the molecule is CCCOc1cc(OC)c(C(=O)Oc2ccc(C(=O)Oc3ccc(NC(=O)c4ccc(OC(=O)c5cc(OC)c(OCCC)cc5OC)c(C)c4)cc3)cc2)cc1OC. The average molecular weight is 808 g/mol. The predicted molar refractivity (Wildman–Crippen MR) is 218 cm³/mol. The first-order valence-electron chi connectivity index (χ1n) is 18.6. The van der Waals surface area contributed by atoms with Crippen molar-refractivity contribution in [3.63, 3.8) is 0 Å². The van der Waals surface area contributed by atoms with Gasteiger partial charge in [0.15, 0.2) is 23.0 Å². The minimum atomic E-state index is -0.697. The van der Waals surface area contributed by atoms with Crippen molar-refractivity contribution < 1.29 is 61.8 Å². The van der Waals surface area contributed by atoms with Crippen LogP contribution in [0.25, 0.3) is 0 Å². The predicted octanol–water partition coefficient (Wildman–Crippen LogP) is 8.52. The van der Waals surface area contributed by atoms with Crippen molar-refractivity contribution in [1.82, 2.24) is 0 Å². The first kappa shape index (κ1) is 42.9. The second-order valence-corrected chi connectivity index (χ2v) is 12.8. The van der Waals surface area contributed by atoms with Crippen LogP contribution < -0.4 is 47.9 Å². The molecule has 0 heterocycles. The highest BCUT2D eigenvalue weighted by molar-refractivity contribution is 6.04. The summed E-state index contributed by atoms with van der Waals surface area (Å²) in [7, 11) is 5.81. The molecule has 0 bridgehead atoms. The monoisotopic (exact) mass is 807 g/mol. The molecule has 5 aromatic rings. The van der Waals surface area contributed by atoms with Crippen LogP contribution in [0.15, 0.2) is 91.0 Å². The van der Waals surface area contributed by atoms with Gasteiger partial charge < -0.3 is 47.9 Å². The molecule has 5 rings (SSSR count). The Hall–Kier alpha value is -7.22. The van der Waals surface area contributed by atoms with Crippen LogP contribution in [-0.2, 0) is 0 Å². The van der Waals surface area contributed by atoms with Gasteiger partial charge in [-0.15, -0.1) is 0 Å². The first-order valence-corrected chi connectivity index (χ1v) is 18.6. The topological polar surface area (TPSA) is 163 Å². The molecule has 5 aromatic carbocycles. The number of benzene rings is 5. The Morgan fingerprint density at radius 3 is 1.41 bits per heavy atom. The minimum Gasteiger partial charge on any atom is -0.496 e. The number of ether oxygens (including phenoxy) is 9. The van der Waals surface area contributed by atoms with Crippen molar-refractivity contribution in [2.45, 2.75) is 33.6 Å². The molecule has 0 aliphatic heterocycles. The van der Waals surface area contributed by atoms with Gasteiger partial charge in [-0.05, 0) is 92.1 Å². The molecule has 1 amide bonds. The summed E-state index contributed by atoms with van der Waals surface area (Å²) in [5.74, 6) is 0.308. The molecule has 0 unspecified atom stereocenters. The van der Waals surface area contributed by atoms with Gasteiger partial charge in [-0.2, -0.15) is 0 Å². The van der Waals surface area contributed by atoms with Gasteiger partial charge in [0, 0.05) is 35.5 Å². The van der Waals surface area contributed by atoms with Crippen molar-refractivity contribution in [3.8, 4) is 51.7 Å². The van der Waals surface area contributed by atoms with E-state index in [4.69, 9.17) is 42.6 Å². The van der Waals surface area contributed by atoms with Gasteiger partial charge in [-0.1, -0.05) is 13.8 Å². The molecule has 0 aromatic heterocycles. The van der Waals surface area contributed by atoms with Crippen LogP contribution in [0.4, 0.5) is 5.69 Å². The number of carbonyl (C=O) groups is 4. The highest BCUT2D eigenvalue weighted by Gasteiger charge is 2.23. The van der Waals surface area contributed by atoms with E-state index in [1.54, 1.807) is 37.3 Å². The van der Waals surface area contributed by atoms with E-state index in [0.717, 1.165) is 12.8 Å². The van der Waals surface area contributed by atoms with E-state index in [1.165, 1.54) is 89.1 Å². The van der Waals surface area contributed by atoms with Gasteiger partial charge in [-0.3, -0.25) is 4.79 Å². The molecular weight excluding hydrogens is 762 g/mol. The molecule has 14 nitrogen and oxygen atoms in total. The maximum atomic E-state index is 13.2. The highest BCUT2D eigenvalue weighted by Crippen LogP contribution is 2.37. The molecule has 14 heteroatoms. The highest BCUT2D eigenvalue weighted by atomic mass is 16.6. The molecule has 0 radical (unpaired) electrons. The molecule has 0 aliphatic rings. The molecule has 0 aliphatic carbocycles. The van der Waals surface area contributed by atoms with E-state index >= 15 is 0 Å². The lowest BCUT2D eigenvalue weighted by molar-refractivity contribution is 0.0718. The minimum absolute atomic E-state index is 0.127. The van der Waals surface area contributed by atoms with Crippen LogP contribution in [0.3, 0.4) is 0 Å². The van der Waals surface area contributed by atoms with Crippen LogP contribution in [-0.4, -0.2) is 65.5 Å². The van der Waals surface area contributed by atoms with Crippen LogP contribution in [0.5, 0.6) is 51.7 Å². The maximum absolute atomic E-state index is 13.2. The Morgan fingerprint density at radius 1 is 0.475 bits per heavy atom. The summed E-state index contributed by atoms with van der Waals surface area (Å²) < 4.78 is 49.7. The van der Waals surface area contributed by atoms with E-state index < -0.39 is 23.8 Å². The van der Waals surface area contributed by atoms with E-state index in [-0.39, 0.29) is 45.4 Å². The zero-order valence-electron chi connectivity index (χ0n) is 33.8. The molecular formula is C45H45NO13. The molecule has 0 atom stereocenters. The Kier molecular flexibility index (Phi) is 14.7. The second-order valence-electron chi connectivity index (χ2n) is 12.8. The number of nitrogens with one attached hydrogen (secondary N) is 1. The Labute approximate surface area is 341 Å². The number of methoxy groups -OCH3 is 4. The fraction of sp³-hybridized carbons (Fsp3) is 0.244. The Morgan fingerprint density at radius 2 is 0.932 bits per heavy atom. The summed E-state index contributed by atoms with van der Waals surface area (Å²) in [6.07, 6.45) is 1.57. The summed E-state index contributed by atoms with van der Waals surface area (Å²) in [6, 6.07) is 22.8. The Balaban J connectivity index is 1.16. The van der Waals surface area contributed by atoms with Crippen LogP contribution in [0.1, 0.15) is 73.7 Å². The second kappa shape index (κ2) is 20.3. The summed E-state index contributed by atoms with van der Waals surface area (Å²) >= 11 is 0. The normalized spacial score (nSPS) is 10.5. The van der Waals surface area contributed by atoms with E-state index in [2.05, 4.69) is 5.32 Å². The number of aryl methyl sites for hydroxylation is 1. The first-order chi connectivity index (χ1) is 28.5. The van der Waals surface area contributed by atoms with Gasteiger partial charge in [0.25, 0.3) is 5.91 Å². The number of anilines is 1. The molecule has 308 valence electrons. The van der Waals surface area contributed by atoms with Crippen molar-refractivity contribution in [1.29, 1.82) is 0 Å². The van der Waals surface area contributed by atoms with Gasteiger partial charge in [0.05, 0.1) is 47.2 Å². The lowest BCUT2D eigenvalue weighted by Crippen LogP contribution is -2.14. The number of hydrogen-bond acceptors (Lipinski definition) is 13. The molecule has 59 heavy (non-hydrogen) atoms. The third kappa shape index (κ3) is 10.8. The van der Waals surface area contributed by atoms with E-state index in [9.17, 15) is 19.2 Å². The number of carbonyl (C=O) groups excluding carboxylic acids is 4. The van der Waals surface area contributed by atoms with Crippen LogP contribution in [0.2, 0.25) is 0 Å². The van der Waals surface area contributed by atoms with Gasteiger partial charge >= 0.3 is 17.9 Å². The Bertz CT molecular complexity index is 2290. The lowest BCUT2D eigenvalue weighted by atomic mass is 10.1. The third-order valence-electron chi connectivity index (χ3n) is 8.60. The molecule has 0 saturated heterocycles. The summed E-state index contributed by atoms with van der Waals surface area (Å²) in [4.78, 5) is 52.3. The smallest absolute Gasteiger partial charge is 0.347 e. The van der Waals surface area contributed by atoms with Crippen molar-refractivity contribution in [2.75, 3.05) is 47.0 Å². The number of amides is 1. The summed E-state index contributed by atoms with van der Waals surface area (Å²) in [5, 5.41) is 2.80. The molecule has 0 saturated carbocycles. The largest absolute Gasteiger partial charge is 0.496 e. The quantitative estimate of drug-likeness (QED) is 0.0663. The summed E-state index contributed by atoms with van der Waals surface area (Å²) in [6.45, 7) is 6.58. The van der Waals surface area contributed by atoms with E-state index in [0.29, 0.717) is 53.0 Å². The maximum Gasteiger partial charge on any atom is 0.347 e. The number of esters is 3. The lowest BCUT2D eigenvalue weighted by Gasteiger charge is -2.15. The van der Waals surface area contributed by atoms with Crippen LogP contribution >= 0.6 is 0 Å². The number of hydrogen-bond donors (Lipinski definition) is 1. The van der Waals surface area contributed by atoms with Gasteiger partial charge in [-0.25, -0.2) is 14.4 Å². The average Bonchev–Trinajstić information content (AvgIpc) is 3.25. The van der Waals surface area contributed by atoms with E-state index in [1.807, 2.05) is 13.8 Å². The molecule has 1 N–H and O–H groups in total. The van der Waals surface area contributed by atoms with Gasteiger partial charge in [0.2, 0.25) is 0 Å². The third-order valence-corrected chi connectivity index (χ3v) is 8.60. The van der Waals surface area contributed by atoms with Crippen molar-refractivity contribution in [3.05, 3.63) is 119 Å².